The molecule has 3 heterocycles. The van der Waals surface area contributed by atoms with Gasteiger partial charge >= 0.3 is 5.69 Å². The van der Waals surface area contributed by atoms with Crippen LogP contribution in [0.1, 0.15) is 24.2 Å². The number of hydrogen-bond donors (Lipinski definition) is 4. The Morgan fingerprint density at radius 1 is 0.968 bits per heavy atom. The zero-order chi connectivity index (χ0) is 21.4. The van der Waals surface area contributed by atoms with Crippen molar-refractivity contribution in [3.8, 4) is 23.0 Å². The van der Waals surface area contributed by atoms with E-state index in [1.54, 1.807) is 6.20 Å². The zero-order valence-corrected chi connectivity index (χ0v) is 16.9. The molecule has 0 aliphatic rings. The smallest absolute Gasteiger partial charge is 0.331 e. The number of H-pyrrole nitrogens is 3. The van der Waals surface area contributed by atoms with Crippen molar-refractivity contribution in [3.05, 3.63) is 76.6 Å². The van der Waals surface area contributed by atoms with E-state index in [0.29, 0.717) is 23.6 Å². The molecule has 5 rings (SSSR count). The van der Waals surface area contributed by atoms with Crippen LogP contribution in [0.25, 0.3) is 38.8 Å². The summed E-state index contributed by atoms with van der Waals surface area (Å²) in [7, 11) is 0. The number of benzene rings is 2. The first kappa shape index (κ1) is 19.0. The fraction of sp³-hybridized carbons (Fsp3) is 0.167. The molecule has 7 heteroatoms. The summed E-state index contributed by atoms with van der Waals surface area (Å²) in [6.45, 7) is 0.632. The largest absolute Gasteiger partial charge is 0.359 e. The summed E-state index contributed by atoms with van der Waals surface area (Å²) in [6, 6.07) is 17.9. The van der Waals surface area contributed by atoms with Crippen molar-refractivity contribution in [2.45, 2.75) is 19.3 Å². The molecule has 7 nitrogen and oxygen atoms in total. The number of aromatic amines is 3. The Labute approximate surface area is 178 Å². The molecule has 0 radical (unpaired) electrons. The fourth-order valence-corrected chi connectivity index (χ4v) is 4.31. The minimum atomic E-state index is -0.338. The highest BCUT2D eigenvalue weighted by molar-refractivity contribution is 5.98. The van der Waals surface area contributed by atoms with E-state index in [4.69, 9.17) is 5.73 Å². The lowest BCUT2D eigenvalue weighted by Gasteiger charge is -2.05. The molecular formula is C24H22N6O. The molecule has 2 aromatic carbocycles. The van der Waals surface area contributed by atoms with Crippen molar-refractivity contribution < 1.29 is 0 Å². The maximum atomic E-state index is 13.1. The van der Waals surface area contributed by atoms with Crippen molar-refractivity contribution in [1.29, 1.82) is 5.26 Å². The van der Waals surface area contributed by atoms with Gasteiger partial charge in [-0.25, -0.2) is 9.36 Å². The molecule has 5 aromatic rings. The highest BCUT2D eigenvalue weighted by Crippen LogP contribution is 2.35. The first-order valence-corrected chi connectivity index (χ1v) is 10.3. The maximum absolute atomic E-state index is 13.1. The number of nitrogens with zero attached hydrogens (tertiary/aromatic N) is 2. The van der Waals surface area contributed by atoms with Crippen molar-refractivity contribution in [3.63, 3.8) is 0 Å². The van der Waals surface area contributed by atoms with E-state index in [1.807, 2.05) is 48.5 Å². The number of hydrogen-bond acceptors (Lipinski definition) is 3. The minimum absolute atomic E-state index is 0.291. The molecule has 5 N–H and O–H groups in total. The third-order valence-corrected chi connectivity index (χ3v) is 5.72. The topological polar surface area (TPSA) is 119 Å². The summed E-state index contributed by atoms with van der Waals surface area (Å²) >= 11 is 0. The van der Waals surface area contributed by atoms with Gasteiger partial charge in [0.2, 0.25) is 0 Å². The van der Waals surface area contributed by atoms with E-state index in [1.165, 1.54) is 4.57 Å². The van der Waals surface area contributed by atoms with E-state index in [2.05, 4.69) is 21.0 Å². The number of nitrogens with two attached hydrogens (primary N) is 1. The van der Waals surface area contributed by atoms with Gasteiger partial charge < -0.3 is 20.7 Å². The lowest BCUT2D eigenvalue weighted by Crippen LogP contribution is -2.15. The molecule has 31 heavy (non-hydrogen) atoms. The number of nitrogens with one attached hydrogen (secondary N) is 3. The molecule has 154 valence electrons. The summed E-state index contributed by atoms with van der Waals surface area (Å²) in [5.74, 6) is 0. The fourth-order valence-electron chi connectivity index (χ4n) is 4.31. The monoisotopic (exact) mass is 410 g/mol. The number of fused-ring (bicyclic) bond motifs is 2. The minimum Gasteiger partial charge on any atom is -0.359 e. The molecule has 0 aliphatic heterocycles. The van der Waals surface area contributed by atoms with Gasteiger partial charge in [0, 0.05) is 39.3 Å². The van der Waals surface area contributed by atoms with Gasteiger partial charge in [-0.05, 0) is 37.9 Å². The van der Waals surface area contributed by atoms with Crippen LogP contribution in [0.5, 0.6) is 0 Å². The average molecular weight is 410 g/mol. The van der Waals surface area contributed by atoms with Crippen molar-refractivity contribution in [2.75, 3.05) is 6.54 Å². The standard InChI is InChI=1S/C24H22N6O/c25-12-6-5-11-19-22(16-8-2-4-10-18(16)28-19)23-20(13-26)30(24(31)29-23)21-14-27-17-9-3-1-7-15(17)21/h1-4,7-10,14,27-28H,5-6,11-12,25H2,(H,29,31). The first-order chi connectivity index (χ1) is 15.2. The second-order valence-electron chi connectivity index (χ2n) is 7.59. The Morgan fingerprint density at radius 3 is 2.48 bits per heavy atom. The molecule has 0 saturated heterocycles. The Morgan fingerprint density at radius 2 is 1.71 bits per heavy atom. The molecule has 0 saturated carbocycles. The molecule has 0 spiro atoms. The molecular weight excluding hydrogens is 388 g/mol. The number of aromatic nitrogens is 4. The van der Waals surface area contributed by atoms with Crippen LogP contribution in [0.2, 0.25) is 0 Å². The Balaban J connectivity index is 1.75. The molecule has 0 amide bonds. The van der Waals surface area contributed by atoms with Crippen LogP contribution in [0, 0.1) is 11.3 Å². The van der Waals surface area contributed by atoms with E-state index >= 15 is 0 Å². The number of imidazole rings is 1. The van der Waals surface area contributed by atoms with Gasteiger partial charge in [0.25, 0.3) is 0 Å². The Kier molecular flexibility index (Phi) is 4.69. The molecule has 3 aromatic heterocycles. The lowest BCUT2D eigenvalue weighted by atomic mass is 10.0. The van der Waals surface area contributed by atoms with Crippen LogP contribution in [-0.2, 0) is 6.42 Å². The number of rotatable bonds is 6. The summed E-state index contributed by atoms with van der Waals surface area (Å²) in [5, 5.41) is 12.0. The highest BCUT2D eigenvalue weighted by Gasteiger charge is 2.23. The van der Waals surface area contributed by atoms with Gasteiger partial charge in [0.1, 0.15) is 6.07 Å². The maximum Gasteiger partial charge on any atom is 0.331 e. The molecule has 0 fully saturated rings. The second-order valence-corrected chi connectivity index (χ2v) is 7.59. The van der Waals surface area contributed by atoms with Gasteiger partial charge in [-0.2, -0.15) is 5.26 Å². The van der Waals surface area contributed by atoms with Gasteiger partial charge in [-0.3, -0.25) is 0 Å². The average Bonchev–Trinajstić information content (AvgIpc) is 3.46. The van der Waals surface area contributed by atoms with Crippen LogP contribution in [0.15, 0.2) is 59.5 Å². The predicted molar refractivity (Wildman–Crippen MR) is 122 cm³/mol. The highest BCUT2D eigenvalue weighted by atomic mass is 16.1. The SMILES string of the molecule is N#Cc1c(-c2c(CCCCN)[nH]c3ccccc23)[nH]c(=O)n1-c1c[nH]c2ccccc12. The van der Waals surface area contributed by atoms with Gasteiger partial charge in [0.05, 0.1) is 11.4 Å². The third kappa shape index (κ3) is 3.05. The van der Waals surface area contributed by atoms with Crippen LogP contribution < -0.4 is 11.4 Å². The van der Waals surface area contributed by atoms with E-state index in [0.717, 1.165) is 52.3 Å². The second kappa shape index (κ2) is 7.67. The number of para-hydroxylation sites is 2. The summed E-state index contributed by atoms with van der Waals surface area (Å²) in [5.41, 5.74) is 10.6. The molecule has 0 atom stereocenters. The third-order valence-electron chi connectivity index (χ3n) is 5.72. The lowest BCUT2D eigenvalue weighted by molar-refractivity contribution is 0.737. The van der Waals surface area contributed by atoms with Gasteiger partial charge in [-0.1, -0.05) is 36.4 Å². The van der Waals surface area contributed by atoms with Gasteiger partial charge in [-0.15, -0.1) is 0 Å². The molecule has 0 unspecified atom stereocenters. The van der Waals surface area contributed by atoms with Crippen LogP contribution in [-0.4, -0.2) is 26.1 Å². The van der Waals surface area contributed by atoms with Crippen LogP contribution >= 0.6 is 0 Å². The predicted octanol–water partition coefficient (Wildman–Crippen LogP) is 3.95. The Bertz CT molecular complexity index is 1490. The number of nitriles is 1. The number of unbranched alkanes of at least 4 members (excludes halogenated alkanes) is 1. The quantitative estimate of drug-likeness (QED) is 0.317. The van der Waals surface area contributed by atoms with E-state index < -0.39 is 0 Å². The van der Waals surface area contributed by atoms with E-state index in [-0.39, 0.29) is 5.69 Å². The Hall–Kier alpha value is -4.02. The summed E-state index contributed by atoms with van der Waals surface area (Å²) in [4.78, 5) is 22.7. The van der Waals surface area contributed by atoms with Gasteiger partial charge in [0.15, 0.2) is 5.69 Å². The zero-order valence-electron chi connectivity index (χ0n) is 16.9. The van der Waals surface area contributed by atoms with Crippen molar-refractivity contribution in [1.82, 2.24) is 19.5 Å². The molecule has 0 bridgehead atoms. The van der Waals surface area contributed by atoms with Crippen molar-refractivity contribution in [2.24, 2.45) is 5.73 Å². The first-order valence-electron chi connectivity index (χ1n) is 10.3. The summed E-state index contributed by atoms with van der Waals surface area (Å²) < 4.78 is 1.46. The number of aryl methyl sites for hydroxylation is 1. The van der Waals surface area contributed by atoms with Crippen LogP contribution in [0.3, 0.4) is 0 Å². The molecule has 0 aliphatic carbocycles. The van der Waals surface area contributed by atoms with Crippen LogP contribution in [0.4, 0.5) is 0 Å². The summed E-state index contributed by atoms with van der Waals surface area (Å²) in [6.07, 6.45) is 4.38. The van der Waals surface area contributed by atoms with E-state index in [9.17, 15) is 10.1 Å². The normalized spacial score (nSPS) is 11.4. The van der Waals surface area contributed by atoms with Crippen molar-refractivity contribution >= 4 is 21.8 Å².